The van der Waals surface area contributed by atoms with Gasteiger partial charge in [-0.05, 0) is 42.0 Å². The molecule has 8 heteroatoms. The van der Waals surface area contributed by atoms with Crippen LogP contribution < -0.4 is 16.4 Å². The van der Waals surface area contributed by atoms with Crippen LogP contribution in [0.25, 0.3) is 10.9 Å². The average Bonchev–Trinajstić information content (AvgIpc) is 3.16. The summed E-state index contributed by atoms with van der Waals surface area (Å²) in [4.78, 5) is 42.3. The van der Waals surface area contributed by atoms with E-state index in [4.69, 9.17) is 17.3 Å². The molecular weight excluding hydrogens is 452 g/mol. The van der Waals surface area contributed by atoms with E-state index in [1.807, 2.05) is 44.2 Å². The minimum absolute atomic E-state index is 0.0405. The minimum Gasteiger partial charge on any atom is -0.368 e. The zero-order valence-corrected chi connectivity index (χ0v) is 20.0. The summed E-state index contributed by atoms with van der Waals surface area (Å²) >= 11 is 6.25. The molecule has 0 aliphatic heterocycles. The summed E-state index contributed by atoms with van der Waals surface area (Å²) in [5.41, 5.74) is 8.05. The number of hydrogen-bond acceptors (Lipinski definition) is 3. The van der Waals surface area contributed by atoms with Gasteiger partial charge in [-0.15, -0.1) is 0 Å². The predicted octanol–water partition coefficient (Wildman–Crippen LogP) is 3.03. The first-order valence-electron chi connectivity index (χ1n) is 11.4. The molecule has 2 atom stereocenters. The number of primary amides is 1. The Morgan fingerprint density at radius 3 is 2.53 bits per heavy atom. The molecule has 1 aliphatic carbocycles. The summed E-state index contributed by atoms with van der Waals surface area (Å²) in [5.74, 6) is -1.52. The Bertz CT molecular complexity index is 1250. The van der Waals surface area contributed by atoms with Gasteiger partial charge in [-0.3, -0.25) is 14.4 Å². The molecule has 0 fully saturated rings. The zero-order chi connectivity index (χ0) is 24.5. The van der Waals surface area contributed by atoms with Crippen molar-refractivity contribution in [3.05, 3.63) is 70.4 Å². The first kappa shape index (κ1) is 23.8. The molecule has 1 aromatic heterocycles. The number of aromatic amines is 1. The van der Waals surface area contributed by atoms with Crippen LogP contribution >= 0.6 is 11.6 Å². The highest BCUT2D eigenvalue weighted by Crippen LogP contribution is 2.34. The number of aryl methyl sites for hydroxylation is 1. The summed E-state index contributed by atoms with van der Waals surface area (Å²) in [6.07, 6.45) is 1.30. The number of fused-ring (bicyclic) bond motifs is 3. The van der Waals surface area contributed by atoms with Gasteiger partial charge >= 0.3 is 0 Å². The summed E-state index contributed by atoms with van der Waals surface area (Å²) in [6.45, 7) is 3.63. The molecule has 3 aromatic rings. The van der Waals surface area contributed by atoms with E-state index in [-0.39, 0.29) is 18.2 Å². The van der Waals surface area contributed by atoms with Gasteiger partial charge in [-0.1, -0.05) is 61.8 Å². The lowest BCUT2D eigenvalue weighted by atomic mass is 9.78. The summed E-state index contributed by atoms with van der Waals surface area (Å²) in [7, 11) is 0. The first-order chi connectivity index (χ1) is 16.2. The Morgan fingerprint density at radius 2 is 1.82 bits per heavy atom. The third-order valence-electron chi connectivity index (χ3n) is 6.56. The zero-order valence-electron chi connectivity index (χ0n) is 19.3. The van der Waals surface area contributed by atoms with Crippen molar-refractivity contribution in [1.82, 2.24) is 15.6 Å². The van der Waals surface area contributed by atoms with E-state index in [1.165, 1.54) is 0 Å². The number of para-hydroxylation sites is 1. The Labute approximate surface area is 203 Å². The normalized spacial score (nSPS) is 18.4. The highest BCUT2D eigenvalue weighted by molar-refractivity contribution is 6.31. The van der Waals surface area contributed by atoms with Crippen LogP contribution in [0.3, 0.4) is 0 Å². The fourth-order valence-corrected chi connectivity index (χ4v) is 4.93. The van der Waals surface area contributed by atoms with E-state index in [9.17, 15) is 14.4 Å². The summed E-state index contributed by atoms with van der Waals surface area (Å²) in [5, 5.41) is 7.34. The lowest BCUT2D eigenvalue weighted by Gasteiger charge is -2.38. The van der Waals surface area contributed by atoms with E-state index in [0.29, 0.717) is 29.8 Å². The van der Waals surface area contributed by atoms with Crippen LogP contribution in [0, 0.1) is 5.92 Å². The number of carbonyl (C=O) groups is 3. The van der Waals surface area contributed by atoms with Crippen molar-refractivity contribution in [2.75, 3.05) is 0 Å². The number of carbonyl (C=O) groups excluding carboxylic acids is 3. The van der Waals surface area contributed by atoms with Gasteiger partial charge in [0, 0.05) is 28.0 Å². The fraction of sp³-hybridized carbons (Fsp3) is 0.346. The van der Waals surface area contributed by atoms with E-state index in [2.05, 4.69) is 15.6 Å². The van der Waals surface area contributed by atoms with Crippen molar-refractivity contribution in [1.29, 1.82) is 0 Å². The molecular formula is C26H29ClN4O3. The van der Waals surface area contributed by atoms with E-state index < -0.39 is 23.4 Å². The van der Waals surface area contributed by atoms with Crippen LogP contribution in [0.1, 0.15) is 37.1 Å². The first-order valence-corrected chi connectivity index (χ1v) is 11.8. The van der Waals surface area contributed by atoms with Crippen LogP contribution in [0.5, 0.6) is 0 Å². The average molecular weight is 481 g/mol. The monoisotopic (exact) mass is 480 g/mol. The molecule has 2 aromatic carbocycles. The number of hydrogen-bond donors (Lipinski definition) is 4. The van der Waals surface area contributed by atoms with Gasteiger partial charge < -0.3 is 21.4 Å². The van der Waals surface area contributed by atoms with Gasteiger partial charge in [0.25, 0.3) is 0 Å². The lowest BCUT2D eigenvalue weighted by Crippen LogP contribution is -2.64. The SMILES string of the molecule is CC(C)[C@H](NC(=O)[C@@]1(NC(=O)Cc2ccccc2Cl)CCc2[nH]c3ccccc3c2C1)C(N)=O. The van der Waals surface area contributed by atoms with Crippen LogP contribution in [0.2, 0.25) is 5.02 Å². The number of nitrogens with one attached hydrogen (secondary N) is 3. The molecule has 0 bridgehead atoms. The molecule has 0 radical (unpaired) electrons. The second-order valence-electron chi connectivity index (χ2n) is 9.30. The molecule has 5 N–H and O–H groups in total. The van der Waals surface area contributed by atoms with Gasteiger partial charge in [-0.25, -0.2) is 0 Å². The Kier molecular flexibility index (Phi) is 6.66. The van der Waals surface area contributed by atoms with Crippen molar-refractivity contribution in [2.24, 2.45) is 11.7 Å². The number of halogens is 1. The van der Waals surface area contributed by atoms with Gasteiger partial charge in [0.1, 0.15) is 11.6 Å². The van der Waals surface area contributed by atoms with Gasteiger partial charge in [0.2, 0.25) is 17.7 Å². The molecule has 3 amide bonds. The van der Waals surface area contributed by atoms with Crippen LogP contribution in [-0.2, 0) is 33.6 Å². The maximum Gasteiger partial charge on any atom is 0.246 e. The van der Waals surface area contributed by atoms with Crippen LogP contribution in [-0.4, -0.2) is 34.3 Å². The molecule has 7 nitrogen and oxygen atoms in total. The van der Waals surface area contributed by atoms with E-state index >= 15 is 0 Å². The number of amides is 3. The molecule has 1 aliphatic rings. The second-order valence-corrected chi connectivity index (χ2v) is 9.71. The quantitative estimate of drug-likeness (QED) is 0.416. The third-order valence-corrected chi connectivity index (χ3v) is 6.93. The maximum atomic E-state index is 13.7. The standard InChI is InChI=1S/C26H29ClN4O3/c1-15(2)23(24(28)33)30-25(34)26(31-22(32)13-16-7-3-5-9-19(16)27)12-11-21-18(14-26)17-8-4-6-10-20(17)29-21/h3-10,15,23,29H,11-14H2,1-2H3,(H2,28,33)(H,30,34)(H,31,32)/t23-,26+/m0/s1. The summed E-state index contributed by atoms with van der Waals surface area (Å²) in [6, 6.07) is 14.2. The summed E-state index contributed by atoms with van der Waals surface area (Å²) < 4.78 is 0. The highest BCUT2D eigenvalue weighted by atomic mass is 35.5. The lowest BCUT2D eigenvalue weighted by molar-refractivity contribution is -0.136. The fourth-order valence-electron chi connectivity index (χ4n) is 4.73. The van der Waals surface area contributed by atoms with Crippen molar-refractivity contribution >= 4 is 40.2 Å². The predicted molar refractivity (Wildman–Crippen MR) is 132 cm³/mol. The number of nitrogens with two attached hydrogens (primary N) is 1. The number of benzene rings is 2. The second kappa shape index (κ2) is 9.50. The Morgan fingerprint density at radius 1 is 1.12 bits per heavy atom. The van der Waals surface area contributed by atoms with E-state index in [0.717, 1.165) is 22.2 Å². The van der Waals surface area contributed by atoms with Gasteiger partial charge in [0.05, 0.1) is 6.42 Å². The van der Waals surface area contributed by atoms with Crippen molar-refractivity contribution in [3.63, 3.8) is 0 Å². The number of aromatic nitrogens is 1. The topological polar surface area (TPSA) is 117 Å². The Balaban J connectivity index is 1.68. The van der Waals surface area contributed by atoms with Crippen molar-refractivity contribution in [3.8, 4) is 0 Å². The maximum absolute atomic E-state index is 13.7. The smallest absolute Gasteiger partial charge is 0.246 e. The molecule has 0 unspecified atom stereocenters. The third kappa shape index (κ3) is 4.66. The molecule has 0 saturated heterocycles. The molecule has 34 heavy (non-hydrogen) atoms. The highest BCUT2D eigenvalue weighted by Gasteiger charge is 2.45. The van der Waals surface area contributed by atoms with Gasteiger partial charge in [-0.2, -0.15) is 0 Å². The Hall–Kier alpha value is -3.32. The number of rotatable bonds is 7. The molecule has 4 rings (SSSR count). The van der Waals surface area contributed by atoms with Crippen molar-refractivity contribution in [2.45, 2.75) is 51.1 Å². The molecule has 0 saturated carbocycles. The molecule has 178 valence electrons. The molecule has 0 spiro atoms. The van der Waals surface area contributed by atoms with Crippen molar-refractivity contribution < 1.29 is 14.4 Å². The van der Waals surface area contributed by atoms with Crippen LogP contribution in [0.15, 0.2) is 48.5 Å². The number of H-pyrrole nitrogens is 1. The molecule has 1 heterocycles. The van der Waals surface area contributed by atoms with E-state index in [1.54, 1.807) is 18.2 Å². The minimum atomic E-state index is -1.22. The van der Waals surface area contributed by atoms with Gasteiger partial charge in [0.15, 0.2) is 0 Å². The van der Waals surface area contributed by atoms with Crippen LogP contribution in [0.4, 0.5) is 0 Å². The largest absolute Gasteiger partial charge is 0.368 e.